The molecule has 2 nitrogen and oxygen atoms in total. The van der Waals surface area contributed by atoms with E-state index in [1.807, 2.05) is 5.32 Å². The topological polar surface area (TPSA) is 29.1 Å². The molecule has 0 unspecified atom stereocenters. The van der Waals surface area contributed by atoms with E-state index >= 15 is 0 Å². The van der Waals surface area contributed by atoms with Crippen LogP contribution in [0.15, 0.2) is 0 Å². The van der Waals surface area contributed by atoms with Gasteiger partial charge in [-0.05, 0) is 6.92 Å². The van der Waals surface area contributed by atoms with Crippen LogP contribution in [0.25, 0.3) is 0 Å². The van der Waals surface area contributed by atoms with E-state index in [1.165, 1.54) is 6.92 Å². The van der Waals surface area contributed by atoms with E-state index in [0.29, 0.717) is 0 Å². The van der Waals surface area contributed by atoms with Crippen molar-refractivity contribution in [1.82, 2.24) is 5.32 Å². The molecule has 1 N–H and O–H groups in total. The summed E-state index contributed by atoms with van der Waals surface area (Å²) < 4.78 is 22.8. The number of carbonyl (C=O) groups excluding carboxylic acids is 1. The fourth-order valence-electron chi connectivity index (χ4n) is 0.180. The highest BCUT2D eigenvalue weighted by Crippen LogP contribution is 1.96. The molecule has 0 heterocycles. The Kier molecular flexibility index (Phi) is 3.07. The molecule has 0 aromatic rings. The summed E-state index contributed by atoms with van der Waals surface area (Å²) in [6, 6.07) is -1.03. The van der Waals surface area contributed by atoms with Gasteiger partial charge in [0, 0.05) is 0 Å². The third-order valence-electron chi connectivity index (χ3n) is 0.709. The Morgan fingerprint density at radius 1 is 1.62 bits per heavy atom. The molecule has 0 aromatic heterocycles. The molecule has 0 saturated carbocycles. The Morgan fingerprint density at radius 3 is 2.25 bits per heavy atom. The first kappa shape index (κ1) is 7.33. The van der Waals surface area contributed by atoms with Crippen molar-refractivity contribution in [1.29, 1.82) is 0 Å². The van der Waals surface area contributed by atoms with Gasteiger partial charge in [-0.1, -0.05) is 0 Å². The molecule has 48 valence electrons. The molecule has 0 saturated heterocycles. The first-order valence-corrected chi connectivity index (χ1v) is 2.16. The van der Waals surface area contributed by atoms with Crippen molar-refractivity contribution in [2.24, 2.45) is 0 Å². The summed E-state index contributed by atoms with van der Waals surface area (Å²) >= 11 is 0. The summed E-state index contributed by atoms with van der Waals surface area (Å²) in [5.74, 6) is 0. The maximum absolute atomic E-state index is 11.4. The number of alkyl halides is 2. The van der Waals surface area contributed by atoms with E-state index in [0.717, 1.165) is 0 Å². The quantitative estimate of drug-likeness (QED) is 0.540. The Morgan fingerprint density at radius 2 is 2.12 bits per heavy atom. The molecule has 0 aliphatic rings. The van der Waals surface area contributed by atoms with Crippen LogP contribution in [-0.4, -0.2) is 18.9 Å². The Bertz CT molecular complexity index is 76.4. The summed E-state index contributed by atoms with van der Waals surface area (Å²) in [4.78, 5) is 9.48. The maximum Gasteiger partial charge on any atom is 0.258 e. The molecular weight excluding hydrogens is 116 g/mol. The van der Waals surface area contributed by atoms with E-state index in [1.54, 1.807) is 0 Å². The van der Waals surface area contributed by atoms with Gasteiger partial charge in [0.15, 0.2) is 0 Å². The van der Waals surface area contributed by atoms with Gasteiger partial charge in [-0.25, -0.2) is 8.78 Å². The average Bonchev–Trinajstić information content (AvgIpc) is 1.67. The van der Waals surface area contributed by atoms with Gasteiger partial charge < -0.3 is 5.32 Å². The van der Waals surface area contributed by atoms with Gasteiger partial charge in [-0.2, -0.15) is 0 Å². The van der Waals surface area contributed by atoms with Crippen molar-refractivity contribution >= 4 is 6.41 Å². The van der Waals surface area contributed by atoms with Crippen LogP contribution in [0.1, 0.15) is 6.92 Å². The molecule has 0 aromatic carbocycles. The lowest BCUT2D eigenvalue weighted by Crippen LogP contribution is -2.31. The lowest BCUT2D eigenvalue weighted by molar-refractivity contribution is -0.111. The normalized spacial score (nSPS) is 13.5. The standard InChI is InChI=1S/C4H7F2NO/c1-3(4(5)6)7-2-8/h2-4H,1H3,(H,7,8)/t3-/m1/s1. The summed E-state index contributed by atoms with van der Waals surface area (Å²) in [6.07, 6.45) is -2.21. The number of carbonyl (C=O) groups is 1. The van der Waals surface area contributed by atoms with Crippen LogP contribution in [0, 0.1) is 0 Å². The molecular formula is C4H7F2NO. The van der Waals surface area contributed by atoms with Crippen molar-refractivity contribution in [3.8, 4) is 0 Å². The molecule has 4 heteroatoms. The molecule has 0 aliphatic heterocycles. The van der Waals surface area contributed by atoms with E-state index in [9.17, 15) is 13.6 Å². The van der Waals surface area contributed by atoms with Gasteiger partial charge in [-0.15, -0.1) is 0 Å². The molecule has 8 heavy (non-hydrogen) atoms. The van der Waals surface area contributed by atoms with Gasteiger partial charge in [0.1, 0.15) is 0 Å². The van der Waals surface area contributed by atoms with E-state index in [-0.39, 0.29) is 6.41 Å². The minimum absolute atomic E-state index is 0.261. The smallest absolute Gasteiger partial charge is 0.258 e. The first-order valence-electron chi connectivity index (χ1n) is 2.16. The van der Waals surface area contributed by atoms with Crippen molar-refractivity contribution in [3.63, 3.8) is 0 Å². The van der Waals surface area contributed by atoms with Crippen molar-refractivity contribution in [2.75, 3.05) is 0 Å². The fourth-order valence-corrected chi connectivity index (χ4v) is 0.180. The summed E-state index contributed by atoms with van der Waals surface area (Å²) in [6.45, 7) is 1.24. The average molecular weight is 123 g/mol. The predicted molar refractivity (Wildman–Crippen MR) is 24.7 cm³/mol. The van der Waals surface area contributed by atoms with Crippen molar-refractivity contribution < 1.29 is 13.6 Å². The van der Waals surface area contributed by atoms with Crippen LogP contribution in [0.2, 0.25) is 0 Å². The van der Waals surface area contributed by atoms with Crippen LogP contribution in [0.3, 0.4) is 0 Å². The van der Waals surface area contributed by atoms with Crippen LogP contribution in [-0.2, 0) is 4.79 Å². The molecule has 0 bridgehead atoms. The maximum atomic E-state index is 11.4. The predicted octanol–water partition coefficient (Wildman–Crippen LogP) is 0.386. The Hall–Kier alpha value is -0.670. The number of rotatable bonds is 3. The highest BCUT2D eigenvalue weighted by atomic mass is 19.3. The van der Waals surface area contributed by atoms with Gasteiger partial charge in [0.05, 0.1) is 6.04 Å². The Balaban J connectivity index is 3.30. The SMILES string of the molecule is C[C@@H](NC=O)C(F)F. The number of nitrogens with one attached hydrogen (secondary N) is 1. The van der Waals surface area contributed by atoms with Gasteiger partial charge in [-0.3, -0.25) is 4.79 Å². The van der Waals surface area contributed by atoms with Crippen molar-refractivity contribution in [2.45, 2.75) is 19.4 Å². The minimum Gasteiger partial charge on any atom is -0.350 e. The number of amides is 1. The second-order valence-electron chi connectivity index (χ2n) is 1.41. The second kappa shape index (κ2) is 3.35. The molecule has 0 fully saturated rings. The molecule has 0 radical (unpaired) electrons. The van der Waals surface area contributed by atoms with Crippen LogP contribution in [0.5, 0.6) is 0 Å². The number of hydrogen-bond donors (Lipinski definition) is 1. The lowest BCUT2D eigenvalue weighted by atomic mass is 10.4. The van der Waals surface area contributed by atoms with Crippen LogP contribution < -0.4 is 5.32 Å². The highest BCUT2D eigenvalue weighted by Gasteiger charge is 2.11. The zero-order valence-corrected chi connectivity index (χ0v) is 4.40. The summed E-state index contributed by atoms with van der Waals surface area (Å²) in [5.41, 5.74) is 0. The van der Waals surface area contributed by atoms with Gasteiger partial charge in [0.25, 0.3) is 6.43 Å². The first-order chi connectivity index (χ1) is 3.68. The second-order valence-corrected chi connectivity index (χ2v) is 1.41. The van der Waals surface area contributed by atoms with Crippen LogP contribution >= 0.6 is 0 Å². The number of halogens is 2. The molecule has 0 spiro atoms. The molecule has 1 atom stereocenters. The third-order valence-corrected chi connectivity index (χ3v) is 0.709. The number of hydrogen-bond acceptors (Lipinski definition) is 1. The summed E-state index contributed by atoms with van der Waals surface area (Å²) in [7, 11) is 0. The monoisotopic (exact) mass is 123 g/mol. The highest BCUT2D eigenvalue weighted by molar-refractivity contribution is 5.46. The fraction of sp³-hybridized carbons (Fsp3) is 0.750. The van der Waals surface area contributed by atoms with Gasteiger partial charge >= 0.3 is 0 Å². The van der Waals surface area contributed by atoms with E-state index < -0.39 is 12.5 Å². The molecule has 0 rings (SSSR count). The zero-order chi connectivity index (χ0) is 6.57. The largest absolute Gasteiger partial charge is 0.350 e. The van der Waals surface area contributed by atoms with E-state index in [2.05, 4.69) is 0 Å². The third kappa shape index (κ3) is 2.49. The van der Waals surface area contributed by atoms with Gasteiger partial charge in [0.2, 0.25) is 6.41 Å². The molecule has 1 amide bonds. The molecule has 0 aliphatic carbocycles. The van der Waals surface area contributed by atoms with Crippen molar-refractivity contribution in [3.05, 3.63) is 0 Å². The van der Waals surface area contributed by atoms with Crippen LogP contribution in [0.4, 0.5) is 8.78 Å². The Labute approximate surface area is 45.9 Å². The lowest BCUT2D eigenvalue weighted by Gasteiger charge is -2.05. The van der Waals surface area contributed by atoms with E-state index in [4.69, 9.17) is 0 Å². The zero-order valence-electron chi connectivity index (χ0n) is 4.40. The minimum atomic E-state index is -2.47. The summed E-state index contributed by atoms with van der Waals surface area (Å²) in [5, 5.41) is 1.91.